The summed E-state index contributed by atoms with van der Waals surface area (Å²) >= 11 is 0. The minimum atomic E-state index is -0.527. The monoisotopic (exact) mass is 326 g/mol. The van der Waals surface area contributed by atoms with Crippen molar-refractivity contribution in [1.82, 2.24) is 10.2 Å². The molecule has 2 amide bonds. The van der Waals surface area contributed by atoms with E-state index in [-0.39, 0.29) is 18.9 Å². The van der Waals surface area contributed by atoms with Crippen molar-refractivity contribution < 1.29 is 14.3 Å². The molecular formula is C19H22N2O3. The highest BCUT2D eigenvalue weighted by atomic mass is 16.5. The van der Waals surface area contributed by atoms with E-state index in [9.17, 15) is 9.59 Å². The fourth-order valence-corrected chi connectivity index (χ4v) is 2.34. The van der Waals surface area contributed by atoms with E-state index in [2.05, 4.69) is 10.1 Å². The Morgan fingerprint density at radius 1 is 0.917 bits per heavy atom. The second kappa shape index (κ2) is 9.35. The van der Waals surface area contributed by atoms with E-state index >= 15 is 0 Å². The van der Waals surface area contributed by atoms with E-state index in [1.165, 1.54) is 7.11 Å². The number of carbonyl (C=O) groups is 2. The SMILES string of the molecule is COC(=O)NCCC(=O)N(Cc1ccccc1)Cc1ccccc1. The molecule has 126 valence electrons. The molecule has 2 rings (SSSR count). The number of methoxy groups -OCH3 is 1. The number of rotatable bonds is 7. The van der Waals surface area contributed by atoms with Gasteiger partial charge in [0.25, 0.3) is 0 Å². The van der Waals surface area contributed by atoms with Crippen molar-refractivity contribution in [3.8, 4) is 0 Å². The second-order valence-corrected chi connectivity index (χ2v) is 5.39. The lowest BCUT2D eigenvalue weighted by molar-refractivity contribution is -0.132. The van der Waals surface area contributed by atoms with Gasteiger partial charge >= 0.3 is 6.09 Å². The number of amides is 2. The van der Waals surface area contributed by atoms with Crippen LogP contribution >= 0.6 is 0 Å². The van der Waals surface area contributed by atoms with E-state index in [4.69, 9.17) is 0 Å². The van der Waals surface area contributed by atoms with Crippen molar-refractivity contribution in [2.45, 2.75) is 19.5 Å². The molecule has 5 nitrogen and oxygen atoms in total. The second-order valence-electron chi connectivity index (χ2n) is 5.39. The molecule has 0 aliphatic heterocycles. The van der Waals surface area contributed by atoms with Crippen LogP contribution in [-0.2, 0) is 22.6 Å². The standard InChI is InChI=1S/C19H22N2O3/c1-24-19(23)20-13-12-18(22)21(14-16-8-4-2-5-9-16)15-17-10-6-3-7-11-17/h2-11H,12-15H2,1H3,(H,20,23). The highest BCUT2D eigenvalue weighted by molar-refractivity contribution is 5.77. The van der Waals surface area contributed by atoms with E-state index in [1.54, 1.807) is 4.90 Å². The fourth-order valence-electron chi connectivity index (χ4n) is 2.34. The van der Waals surface area contributed by atoms with Gasteiger partial charge in [-0.15, -0.1) is 0 Å². The highest BCUT2D eigenvalue weighted by Crippen LogP contribution is 2.11. The number of ether oxygens (including phenoxy) is 1. The van der Waals surface area contributed by atoms with Gasteiger partial charge in [0.15, 0.2) is 0 Å². The number of hydrogen-bond donors (Lipinski definition) is 1. The molecule has 0 saturated carbocycles. The minimum absolute atomic E-state index is 0.0147. The molecule has 0 spiro atoms. The highest BCUT2D eigenvalue weighted by Gasteiger charge is 2.15. The molecule has 2 aromatic rings. The molecule has 0 heterocycles. The Balaban J connectivity index is 2.01. The van der Waals surface area contributed by atoms with Crippen LogP contribution in [0.15, 0.2) is 60.7 Å². The van der Waals surface area contributed by atoms with Crippen LogP contribution in [-0.4, -0.2) is 30.6 Å². The normalized spacial score (nSPS) is 10.0. The minimum Gasteiger partial charge on any atom is -0.453 e. The Hall–Kier alpha value is -2.82. The number of benzene rings is 2. The number of carbonyl (C=O) groups excluding carboxylic acids is 2. The van der Waals surface area contributed by atoms with Gasteiger partial charge in [-0.2, -0.15) is 0 Å². The summed E-state index contributed by atoms with van der Waals surface area (Å²) in [6.45, 7) is 1.32. The third-order valence-corrected chi connectivity index (χ3v) is 3.58. The molecule has 2 aromatic carbocycles. The van der Waals surface area contributed by atoms with Crippen molar-refractivity contribution in [3.05, 3.63) is 71.8 Å². The van der Waals surface area contributed by atoms with Gasteiger partial charge in [0.05, 0.1) is 7.11 Å². The Kier molecular flexibility index (Phi) is 6.83. The number of nitrogens with one attached hydrogen (secondary N) is 1. The summed E-state index contributed by atoms with van der Waals surface area (Å²) < 4.78 is 4.51. The average Bonchev–Trinajstić information content (AvgIpc) is 2.62. The van der Waals surface area contributed by atoms with Gasteiger partial charge in [0.2, 0.25) is 5.91 Å². The molecule has 0 aliphatic carbocycles. The van der Waals surface area contributed by atoms with Crippen molar-refractivity contribution in [2.75, 3.05) is 13.7 Å². The first kappa shape index (κ1) is 17.5. The molecule has 1 N–H and O–H groups in total. The van der Waals surface area contributed by atoms with E-state index in [0.717, 1.165) is 11.1 Å². The van der Waals surface area contributed by atoms with Crippen LogP contribution in [0.2, 0.25) is 0 Å². The number of alkyl carbamates (subject to hydrolysis) is 1. The van der Waals surface area contributed by atoms with Crippen LogP contribution in [0.3, 0.4) is 0 Å². The predicted octanol–water partition coefficient (Wildman–Crippen LogP) is 2.96. The quantitative estimate of drug-likeness (QED) is 0.851. The molecule has 0 atom stereocenters. The Labute approximate surface area is 142 Å². The number of nitrogens with zero attached hydrogens (tertiary/aromatic N) is 1. The van der Waals surface area contributed by atoms with Gasteiger partial charge in [0, 0.05) is 26.1 Å². The molecule has 0 unspecified atom stereocenters. The van der Waals surface area contributed by atoms with Crippen LogP contribution in [0.25, 0.3) is 0 Å². The molecular weight excluding hydrogens is 304 g/mol. The van der Waals surface area contributed by atoms with Crippen LogP contribution in [0.5, 0.6) is 0 Å². The lowest BCUT2D eigenvalue weighted by Crippen LogP contribution is -2.34. The van der Waals surface area contributed by atoms with E-state index in [1.807, 2.05) is 60.7 Å². The molecule has 0 aromatic heterocycles. The van der Waals surface area contributed by atoms with Gasteiger partial charge in [0.1, 0.15) is 0 Å². The smallest absolute Gasteiger partial charge is 0.406 e. The van der Waals surface area contributed by atoms with Crippen LogP contribution in [0.4, 0.5) is 4.79 Å². The first-order chi connectivity index (χ1) is 11.7. The third kappa shape index (κ3) is 5.76. The lowest BCUT2D eigenvalue weighted by atomic mass is 10.1. The fraction of sp³-hybridized carbons (Fsp3) is 0.263. The Morgan fingerprint density at radius 2 is 1.42 bits per heavy atom. The lowest BCUT2D eigenvalue weighted by Gasteiger charge is -2.23. The summed E-state index contributed by atoms with van der Waals surface area (Å²) in [5.74, 6) is -0.0147. The predicted molar refractivity (Wildman–Crippen MR) is 92.2 cm³/mol. The first-order valence-corrected chi connectivity index (χ1v) is 7.86. The Bertz CT molecular complexity index is 603. The van der Waals surface area contributed by atoms with Gasteiger partial charge < -0.3 is 15.0 Å². The van der Waals surface area contributed by atoms with Gasteiger partial charge in [-0.25, -0.2) is 4.79 Å². The largest absolute Gasteiger partial charge is 0.453 e. The summed E-state index contributed by atoms with van der Waals surface area (Å²) in [5, 5.41) is 2.54. The van der Waals surface area contributed by atoms with E-state index in [0.29, 0.717) is 13.1 Å². The Morgan fingerprint density at radius 3 is 1.88 bits per heavy atom. The topological polar surface area (TPSA) is 58.6 Å². The van der Waals surface area contributed by atoms with Crippen LogP contribution in [0.1, 0.15) is 17.5 Å². The zero-order valence-corrected chi connectivity index (χ0v) is 13.8. The summed E-state index contributed by atoms with van der Waals surface area (Å²) in [7, 11) is 1.30. The molecule has 0 bridgehead atoms. The van der Waals surface area contributed by atoms with Crippen molar-refractivity contribution in [1.29, 1.82) is 0 Å². The average molecular weight is 326 g/mol. The molecule has 0 saturated heterocycles. The molecule has 0 aliphatic rings. The zero-order chi connectivity index (χ0) is 17.2. The van der Waals surface area contributed by atoms with Crippen LogP contribution in [0, 0.1) is 0 Å². The maximum Gasteiger partial charge on any atom is 0.406 e. The maximum absolute atomic E-state index is 12.6. The molecule has 5 heteroatoms. The molecule has 24 heavy (non-hydrogen) atoms. The van der Waals surface area contributed by atoms with Crippen molar-refractivity contribution in [3.63, 3.8) is 0 Å². The van der Waals surface area contributed by atoms with E-state index < -0.39 is 6.09 Å². The van der Waals surface area contributed by atoms with Crippen LogP contribution < -0.4 is 5.32 Å². The maximum atomic E-state index is 12.6. The summed E-state index contributed by atoms with van der Waals surface area (Å²) in [4.78, 5) is 25.4. The summed E-state index contributed by atoms with van der Waals surface area (Å²) in [5.41, 5.74) is 2.14. The van der Waals surface area contributed by atoms with Gasteiger partial charge in [-0.3, -0.25) is 4.79 Å². The number of hydrogen-bond acceptors (Lipinski definition) is 3. The molecule has 0 fully saturated rings. The van der Waals surface area contributed by atoms with Gasteiger partial charge in [-0.1, -0.05) is 60.7 Å². The van der Waals surface area contributed by atoms with Gasteiger partial charge in [-0.05, 0) is 11.1 Å². The molecule has 0 radical (unpaired) electrons. The zero-order valence-electron chi connectivity index (χ0n) is 13.8. The third-order valence-electron chi connectivity index (χ3n) is 3.58. The summed E-state index contributed by atoms with van der Waals surface area (Å²) in [6, 6.07) is 19.7. The van der Waals surface area contributed by atoms with Crippen molar-refractivity contribution >= 4 is 12.0 Å². The first-order valence-electron chi connectivity index (χ1n) is 7.86. The van der Waals surface area contributed by atoms with Crippen molar-refractivity contribution in [2.24, 2.45) is 0 Å². The summed E-state index contributed by atoms with van der Waals surface area (Å²) in [6.07, 6.45) is -0.296.